The van der Waals surface area contributed by atoms with Gasteiger partial charge in [0, 0.05) is 27.0 Å². The molecule has 0 saturated heterocycles. The molecular weight excluding hydrogens is 612 g/mol. The van der Waals surface area contributed by atoms with Crippen LogP contribution < -0.4 is 10.3 Å². The number of hydrogen-bond donors (Lipinski definition) is 0. The van der Waals surface area contributed by atoms with E-state index in [1.54, 1.807) is 6.07 Å². The molecule has 7 nitrogen and oxygen atoms in total. The molecule has 0 aliphatic carbocycles. The van der Waals surface area contributed by atoms with E-state index in [1.807, 2.05) is 79.7 Å². The minimum absolute atomic E-state index is 0.228. The monoisotopic (exact) mass is 634 g/mol. The lowest BCUT2D eigenvalue weighted by molar-refractivity contribution is -0.133. The summed E-state index contributed by atoms with van der Waals surface area (Å²) in [4.78, 5) is 26.3. The average Bonchev–Trinajstić information content (AvgIpc) is 3.37. The Kier molecular flexibility index (Phi) is 7.85. The molecule has 1 aromatic heterocycles. The first-order valence-corrected chi connectivity index (χ1v) is 13.7. The third-order valence-electron chi connectivity index (χ3n) is 6.21. The van der Waals surface area contributed by atoms with Crippen molar-refractivity contribution in [3.63, 3.8) is 0 Å². The fourth-order valence-electron chi connectivity index (χ4n) is 4.31. The topological polar surface area (TPSA) is 76.8 Å². The van der Waals surface area contributed by atoms with E-state index in [2.05, 4.69) is 37.0 Å². The van der Waals surface area contributed by atoms with Crippen LogP contribution in [0.15, 0.2) is 104 Å². The minimum atomic E-state index is -0.357. The van der Waals surface area contributed by atoms with Gasteiger partial charge in [-0.2, -0.15) is 10.2 Å². The molecule has 0 bridgehead atoms. The second kappa shape index (κ2) is 11.4. The summed E-state index contributed by atoms with van der Waals surface area (Å²) in [7, 11) is 0. The smallest absolute Gasteiger partial charge is 0.267 e. The molecule has 5 rings (SSSR count). The van der Waals surface area contributed by atoms with Gasteiger partial charge >= 0.3 is 0 Å². The van der Waals surface area contributed by atoms with Crippen molar-refractivity contribution in [3.8, 4) is 17.0 Å². The van der Waals surface area contributed by atoms with Crippen molar-refractivity contribution in [2.24, 2.45) is 5.10 Å². The Morgan fingerprint density at radius 1 is 0.895 bits per heavy atom. The Morgan fingerprint density at radius 2 is 1.53 bits per heavy atom. The molecular formula is C29H24Br2N4O3. The molecule has 0 spiro atoms. The summed E-state index contributed by atoms with van der Waals surface area (Å²) in [5, 5.41) is 10.7. The normalized spacial score (nSPS) is 14.9. The highest BCUT2D eigenvalue weighted by molar-refractivity contribution is 9.10. The summed E-state index contributed by atoms with van der Waals surface area (Å²) in [5.74, 6) is 0.440. The largest absolute Gasteiger partial charge is 0.494 e. The number of nitrogens with zero attached hydrogens (tertiary/aromatic N) is 4. The molecule has 0 fully saturated rings. The number of hydrazone groups is 1. The highest BCUT2D eigenvalue weighted by Gasteiger charge is 2.33. The Balaban J connectivity index is 1.44. The molecule has 1 aliphatic heterocycles. The molecule has 4 aromatic rings. The molecule has 1 amide bonds. The molecule has 0 saturated carbocycles. The van der Waals surface area contributed by atoms with Crippen LogP contribution in [0.25, 0.3) is 11.3 Å². The fraction of sp³-hybridized carbons (Fsp3) is 0.172. The predicted molar refractivity (Wildman–Crippen MR) is 154 cm³/mol. The molecule has 2 heterocycles. The lowest BCUT2D eigenvalue weighted by Gasteiger charge is -2.22. The lowest BCUT2D eigenvalue weighted by Crippen LogP contribution is -2.34. The number of benzene rings is 3. The Hall–Kier alpha value is -3.56. The van der Waals surface area contributed by atoms with Gasteiger partial charge in [-0.05, 0) is 72.6 Å². The zero-order valence-corrected chi connectivity index (χ0v) is 23.7. The number of carbonyl (C=O) groups is 1. The van der Waals surface area contributed by atoms with E-state index in [9.17, 15) is 9.59 Å². The van der Waals surface area contributed by atoms with Crippen LogP contribution in [0.3, 0.4) is 0 Å². The molecule has 192 valence electrons. The van der Waals surface area contributed by atoms with Crippen LogP contribution in [0.4, 0.5) is 0 Å². The fourth-order valence-corrected chi connectivity index (χ4v) is 4.84. The van der Waals surface area contributed by atoms with Crippen LogP contribution in [-0.2, 0) is 11.3 Å². The number of halogens is 2. The van der Waals surface area contributed by atoms with Gasteiger partial charge in [0.15, 0.2) is 0 Å². The average molecular weight is 636 g/mol. The predicted octanol–water partition coefficient (Wildman–Crippen LogP) is 6.21. The SMILES string of the molecule is CCOc1ccc(-c2ccc(=O)n(CC(=O)N3N=C(c4ccc(Br)cc4)CC3c3ccc(Br)cc3)n2)cc1. The highest BCUT2D eigenvalue weighted by Crippen LogP contribution is 2.34. The van der Waals surface area contributed by atoms with E-state index in [1.165, 1.54) is 15.8 Å². The number of hydrogen-bond acceptors (Lipinski definition) is 5. The van der Waals surface area contributed by atoms with Crippen molar-refractivity contribution in [2.75, 3.05) is 6.61 Å². The molecule has 0 N–H and O–H groups in total. The lowest BCUT2D eigenvalue weighted by atomic mass is 9.98. The van der Waals surface area contributed by atoms with Gasteiger partial charge in [-0.1, -0.05) is 56.1 Å². The van der Waals surface area contributed by atoms with Gasteiger partial charge in [-0.25, -0.2) is 9.69 Å². The van der Waals surface area contributed by atoms with Crippen LogP contribution in [-0.4, -0.2) is 33.0 Å². The van der Waals surface area contributed by atoms with Crippen LogP contribution in [0, 0.1) is 0 Å². The molecule has 1 atom stereocenters. The van der Waals surface area contributed by atoms with E-state index in [0.717, 1.165) is 37.1 Å². The Morgan fingerprint density at radius 3 is 2.18 bits per heavy atom. The van der Waals surface area contributed by atoms with Gasteiger partial charge in [0.05, 0.1) is 24.1 Å². The summed E-state index contributed by atoms with van der Waals surface area (Å²) in [5.41, 5.74) is 3.76. The summed E-state index contributed by atoms with van der Waals surface area (Å²) in [6.07, 6.45) is 0.559. The van der Waals surface area contributed by atoms with Gasteiger partial charge in [-0.15, -0.1) is 0 Å². The van der Waals surface area contributed by atoms with Gasteiger partial charge in [0.2, 0.25) is 0 Å². The van der Waals surface area contributed by atoms with Crippen LogP contribution >= 0.6 is 31.9 Å². The molecule has 9 heteroatoms. The first-order valence-electron chi connectivity index (χ1n) is 12.1. The third kappa shape index (κ3) is 5.79. The number of amides is 1. The maximum atomic E-state index is 13.6. The quantitative estimate of drug-likeness (QED) is 0.242. The van der Waals surface area contributed by atoms with E-state index in [4.69, 9.17) is 9.84 Å². The number of carbonyl (C=O) groups excluding carboxylic acids is 1. The van der Waals surface area contributed by atoms with Crippen LogP contribution in [0.2, 0.25) is 0 Å². The Bertz CT molecular complexity index is 1530. The maximum Gasteiger partial charge on any atom is 0.267 e. The van der Waals surface area contributed by atoms with Gasteiger partial charge in [0.1, 0.15) is 12.3 Å². The summed E-state index contributed by atoms with van der Waals surface area (Å²) < 4.78 is 8.62. The number of aromatic nitrogens is 2. The molecule has 3 aromatic carbocycles. The summed E-state index contributed by atoms with van der Waals surface area (Å²) in [6, 6.07) is 26.0. The number of rotatable bonds is 7. The molecule has 38 heavy (non-hydrogen) atoms. The van der Waals surface area contributed by atoms with E-state index < -0.39 is 0 Å². The van der Waals surface area contributed by atoms with E-state index in [-0.39, 0.29) is 24.1 Å². The van der Waals surface area contributed by atoms with Crippen molar-refractivity contribution < 1.29 is 9.53 Å². The second-order valence-corrected chi connectivity index (χ2v) is 10.6. The van der Waals surface area contributed by atoms with E-state index >= 15 is 0 Å². The van der Waals surface area contributed by atoms with Gasteiger partial charge < -0.3 is 4.74 Å². The van der Waals surface area contributed by atoms with Crippen molar-refractivity contribution in [1.82, 2.24) is 14.8 Å². The zero-order valence-electron chi connectivity index (χ0n) is 20.6. The van der Waals surface area contributed by atoms with Crippen molar-refractivity contribution in [1.29, 1.82) is 0 Å². The van der Waals surface area contributed by atoms with E-state index in [0.29, 0.717) is 18.7 Å². The maximum absolute atomic E-state index is 13.6. The van der Waals surface area contributed by atoms with Crippen molar-refractivity contribution in [3.05, 3.63) is 115 Å². The zero-order chi connectivity index (χ0) is 26.6. The molecule has 0 radical (unpaired) electrons. The standard InChI is InChI=1S/C29H24Br2N4O3/c1-2-38-24-13-7-19(8-14-24)25-15-16-28(36)34(32-25)18-29(37)35-27(21-5-11-23(31)12-6-21)17-26(33-35)20-3-9-22(30)10-4-20/h3-16,27H,2,17-18H2,1H3. The summed E-state index contributed by atoms with van der Waals surface area (Å²) in [6.45, 7) is 2.28. The van der Waals surface area contributed by atoms with Crippen molar-refractivity contribution in [2.45, 2.75) is 25.9 Å². The summed E-state index contributed by atoms with van der Waals surface area (Å²) >= 11 is 6.94. The van der Waals surface area contributed by atoms with Crippen molar-refractivity contribution >= 4 is 43.5 Å². The molecule has 1 aliphatic rings. The Labute approximate surface area is 237 Å². The minimum Gasteiger partial charge on any atom is -0.494 e. The van der Waals surface area contributed by atoms with Gasteiger partial charge in [0.25, 0.3) is 11.5 Å². The van der Waals surface area contributed by atoms with Crippen LogP contribution in [0.5, 0.6) is 5.75 Å². The number of ether oxygens (including phenoxy) is 1. The van der Waals surface area contributed by atoms with Crippen LogP contribution in [0.1, 0.15) is 30.5 Å². The third-order valence-corrected chi connectivity index (χ3v) is 7.27. The van der Waals surface area contributed by atoms with Gasteiger partial charge in [-0.3, -0.25) is 9.59 Å². The second-order valence-electron chi connectivity index (χ2n) is 8.74. The highest BCUT2D eigenvalue weighted by atomic mass is 79.9. The first-order chi connectivity index (χ1) is 18.4. The molecule has 1 unspecified atom stereocenters. The first kappa shape index (κ1) is 26.1.